The molecule has 4 heteroatoms. The van der Waals surface area contributed by atoms with Gasteiger partial charge in [0.15, 0.2) is 0 Å². The summed E-state index contributed by atoms with van der Waals surface area (Å²) in [6, 6.07) is 7.32. The number of carbonyl (C=O) groups excluding carboxylic acids is 1. The quantitative estimate of drug-likeness (QED) is 0.751. The van der Waals surface area contributed by atoms with Gasteiger partial charge in [0.2, 0.25) is 5.91 Å². The number of rotatable bonds is 6. The summed E-state index contributed by atoms with van der Waals surface area (Å²) in [7, 11) is 0. The normalized spacial score (nSPS) is 9.88. The molecule has 1 aromatic carbocycles. The second-order valence-electron chi connectivity index (χ2n) is 3.57. The van der Waals surface area contributed by atoms with Gasteiger partial charge in [-0.3, -0.25) is 4.79 Å². The largest absolute Gasteiger partial charge is 0.376 e. The topological polar surface area (TPSA) is 41.1 Å². The van der Waals surface area contributed by atoms with Gasteiger partial charge >= 0.3 is 0 Å². The molecule has 0 aliphatic heterocycles. The van der Waals surface area contributed by atoms with Gasteiger partial charge < -0.3 is 10.6 Å². The maximum atomic E-state index is 11.4. The minimum atomic E-state index is 0.00780. The van der Waals surface area contributed by atoms with Crippen LogP contribution in [0.15, 0.2) is 24.3 Å². The maximum absolute atomic E-state index is 11.4. The van der Waals surface area contributed by atoms with Gasteiger partial charge in [-0.2, -0.15) is 0 Å². The summed E-state index contributed by atoms with van der Waals surface area (Å²) >= 11 is 5.82. The van der Waals surface area contributed by atoms with Crippen molar-refractivity contribution in [3.05, 3.63) is 29.3 Å². The standard InChI is InChI=1S/C12H17ClN2O/c1-2-3-7-14-12(16)9-15-11-6-4-5-10(13)8-11/h4-6,8,15H,2-3,7,9H2,1H3,(H,14,16). The van der Waals surface area contributed by atoms with Gasteiger partial charge in [-0.25, -0.2) is 0 Å². The Morgan fingerprint density at radius 1 is 1.44 bits per heavy atom. The Bertz CT molecular complexity index is 342. The van der Waals surface area contributed by atoms with Crippen molar-refractivity contribution in [3.63, 3.8) is 0 Å². The van der Waals surface area contributed by atoms with E-state index in [1.165, 1.54) is 0 Å². The van der Waals surface area contributed by atoms with E-state index < -0.39 is 0 Å². The molecule has 0 spiro atoms. The van der Waals surface area contributed by atoms with Crippen LogP contribution in [-0.2, 0) is 4.79 Å². The van der Waals surface area contributed by atoms with Crippen molar-refractivity contribution in [1.29, 1.82) is 0 Å². The summed E-state index contributed by atoms with van der Waals surface area (Å²) < 4.78 is 0. The molecule has 0 unspecified atom stereocenters. The molecule has 0 fully saturated rings. The van der Waals surface area contributed by atoms with E-state index in [1.54, 1.807) is 12.1 Å². The van der Waals surface area contributed by atoms with Gasteiger partial charge in [0.1, 0.15) is 0 Å². The number of amides is 1. The van der Waals surface area contributed by atoms with Crippen LogP contribution in [0.3, 0.4) is 0 Å². The minimum absolute atomic E-state index is 0.00780. The zero-order chi connectivity index (χ0) is 11.8. The summed E-state index contributed by atoms with van der Waals surface area (Å²) in [4.78, 5) is 11.4. The molecule has 1 aromatic rings. The van der Waals surface area contributed by atoms with E-state index in [2.05, 4.69) is 17.6 Å². The number of anilines is 1. The zero-order valence-electron chi connectivity index (χ0n) is 9.42. The lowest BCUT2D eigenvalue weighted by Crippen LogP contribution is -2.30. The zero-order valence-corrected chi connectivity index (χ0v) is 10.2. The monoisotopic (exact) mass is 240 g/mol. The van der Waals surface area contributed by atoms with Crippen molar-refractivity contribution in [2.45, 2.75) is 19.8 Å². The maximum Gasteiger partial charge on any atom is 0.239 e. The molecule has 1 amide bonds. The Kier molecular flexibility index (Phi) is 5.72. The molecular weight excluding hydrogens is 224 g/mol. The molecule has 0 saturated heterocycles. The summed E-state index contributed by atoms with van der Waals surface area (Å²) in [6.45, 7) is 3.12. The molecule has 0 heterocycles. The van der Waals surface area contributed by atoms with Crippen molar-refractivity contribution in [1.82, 2.24) is 5.32 Å². The molecule has 0 saturated carbocycles. The molecule has 0 bridgehead atoms. The minimum Gasteiger partial charge on any atom is -0.376 e. The Labute approximate surface area is 101 Å². The first kappa shape index (κ1) is 12.8. The summed E-state index contributed by atoms with van der Waals surface area (Å²) in [5.74, 6) is 0.00780. The van der Waals surface area contributed by atoms with Gasteiger partial charge in [0.05, 0.1) is 6.54 Å². The van der Waals surface area contributed by atoms with Crippen molar-refractivity contribution in [2.24, 2.45) is 0 Å². The first-order valence-corrected chi connectivity index (χ1v) is 5.86. The van der Waals surface area contributed by atoms with Gasteiger partial charge in [0, 0.05) is 17.3 Å². The lowest BCUT2D eigenvalue weighted by atomic mass is 10.3. The van der Waals surface area contributed by atoms with Crippen LogP contribution < -0.4 is 10.6 Å². The van der Waals surface area contributed by atoms with E-state index in [9.17, 15) is 4.79 Å². The van der Waals surface area contributed by atoms with E-state index in [1.807, 2.05) is 12.1 Å². The molecule has 1 rings (SSSR count). The smallest absolute Gasteiger partial charge is 0.239 e. The molecule has 0 radical (unpaired) electrons. The average Bonchev–Trinajstić information content (AvgIpc) is 2.27. The van der Waals surface area contributed by atoms with E-state index in [4.69, 9.17) is 11.6 Å². The predicted octanol–water partition coefficient (Wildman–Crippen LogP) is 2.67. The number of unbranched alkanes of at least 4 members (excludes halogenated alkanes) is 1. The molecule has 0 aromatic heterocycles. The molecule has 0 aliphatic rings. The molecule has 0 aliphatic carbocycles. The first-order chi connectivity index (χ1) is 7.72. The average molecular weight is 241 g/mol. The third-order valence-electron chi connectivity index (χ3n) is 2.13. The van der Waals surface area contributed by atoms with Crippen LogP contribution in [0, 0.1) is 0 Å². The Balaban J connectivity index is 2.26. The number of nitrogens with one attached hydrogen (secondary N) is 2. The lowest BCUT2D eigenvalue weighted by molar-refractivity contribution is -0.119. The number of hydrogen-bond acceptors (Lipinski definition) is 2. The Hall–Kier alpha value is -1.22. The number of carbonyl (C=O) groups is 1. The van der Waals surface area contributed by atoms with E-state index in [-0.39, 0.29) is 12.5 Å². The van der Waals surface area contributed by atoms with Crippen LogP contribution in [0.5, 0.6) is 0 Å². The highest BCUT2D eigenvalue weighted by molar-refractivity contribution is 6.30. The number of halogens is 1. The van der Waals surface area contributed by atoms with E-state index >= 15 is 0 Å². The fourth-order valence-electron chi connectivity index (χ4n) is 1.25. The van der Waals surface area contributed by atoms with Gasteiger partial charge in [-0.05, 0) is 24.6 Å². The number of hydrogen-bond donors (Lipinski definition) is 2. The van der Waals surface area contributed by atoms with Crippen LogP contribution in [0.25, 0.3) is 0 Å². The third kappa shape index (κ3) is 5.03. The van der Waals surface area contributed by atoms with Crippen molar-refractivity contribution >= 4 is 23.2 Å². The SMILES string of the molecule is CCCCNC(=O)CNc1cccc(Cl)c1. The third-order valence-corrected chi connectivity index (χ3v) is 2.37. The summed E-state index contributed by atoms with van der Waals surface area (Å²) in [6.07, 6.45) is 2.10. The molecule has 88 valence electrons. The number of benzene rings is 1. The first-order valence-electron chi connectivity index (χ1n) is 5.48. The van der Waals surface area contributed by atoms with E-state index in [0.717, 1.165) is 25.1 Å². The van der Waals surface area contributed by atoms with Crippen molar-refractivity contribution in [2.75, 3.05) is 18.4 Å². The van der Waals surface area contributed by atoms with Crippen LogP contribution >= 0.6 is 11.6 Å². The molecule has 2 N–H and O–H groups in total. The summed E-state index contributed by atoms with van der Waals surface area (Å²) in [5.41, 5.74) is 0.859. The Morgan fingerprint density at radius 3 is 2.94 bits per heavy atom. The van der Waals surface area contributed by atoms with Crippen molar-refractivity contribution < 1.29 is 4.79 Å². The van der Waals surface area contributed by atoms with Crippen molar-refractivity contribution in [3.8, 4) is 0 Å². The fourth-order valence-corrected chi connectivity index (χ4v) is 1.44. The predicted molar refractivity (Wildman–Crippen MR) is 67.9 cm³/mol. The Morgan fingerprint density at radius 2 is 2.25 bits per heavy atom. The van der Waals surface area contributed by atoms with Gasteiger partial charge in [0.25, 0.3) is 0 Å². The van der Waals surface area contributed by atoms with Crippen LogP contribution in [0.2, 0.25) is 5.02 Å². The lowest BCUT2D eigenvalue weighted by Gasteiger charge is -2.07. The summed E-state index contributed by atoms with van der Waals surface area (Å²) in [5, 5.41) is 6.51. The van der Waals surface area contributed by atoms with Crippen LogP contribution in [-0.4, -0.2) is 19.0 Å². The van der Waals surface area contributed by atoms with Gasteiger partial charge in [-0.15, -0.1) is 0 Å². The van der Waals surface area contributed by atoms with E-state index in [0.29, 0.717) is 5.02 Å². The highest BCUT2D eigenvalue weighted by atomic mass is 35.5. The molecule has 3 nitrogen and oxygen atoms in total. The molecular formula is C12H17ClN2O. The second-order valence-corrected chi connectivity index (χ2v) is 4.00. The van der Waals surface area contributed by atoms with Crippen LogP contribution in [0.1, 0.15) is 19.8 Å². The van der Waals surface area contributed by atoms with Gasteiger partial charge in [-0.1, -0.05) is 31.0 Å². The fraction of sp³-hybridized carbons (Fsp3) is 0.417. The molecule has 0 atom stereocenters. The highest BCUT2D eigenvalue weighted by Crippen LogP contribution is 2.14. The van der Waals surface area contributed by atoms with Crippen LogP contribution in [0.4, 0.5) is 5.69 Å². The highest BCUT2D eigenvalue weighted by Gasteiger charge is 2.00. The second kappa shape index (κ2) is 7.12. The molecule has 16 heavy (non-hydrogen) atoms.